The van der Waals surface area contributed by atoms with E-state index in [9.17, 15) is 18.0 Å². The maximum Gasteiger partial charge on any atom is 0.468 e. The van der Waals surface area contributed by atoms with Gasteiger partial charge in [-0.15, -0.1) is 0 Å². The molecule has 4 nitrogen and oxygen atoms in total. The van der Waals surface area contributed by atoms with Gasteiger partial charge in [0.2, 0.25) is 5.76 Å². The summed E-state index contributed by atoms with van der Waals surface area (Å²) in [4.78, 5) is 14.1. The number of carbonyl (C=O) groups is 1. The number of thioether (sulfide) groups is 1. The molecule has 0 aliphatic carbocycles. The van der Waals surface area contributed by atoms with Crippen molar-refractivity contribution in [3.63, 3.8) is 0 Å². The highest BCUT2D eigenvalue weighted by molar-refractivity contribution is 7.99. The highest BCUT2D eigenvalue weighted by Gasteiger charge is 2.41. The molecule has 1 aromatic heterocycles. The average molecular weight is 267 g/mol. The van der Waals surface area contributed by atoms with Gasteiger partial charge in [-0.25, -0.2) is 9.78 Å². The zero-order chi connectivity index (χ0) is 12.6. The van der Waals surface area contributed by atoms with Crippen molar-refractivity contribution < 1.29 is 27.5 Å². The van der Waals surface area contributed by atoms with Crippen LogP contribution in [-0.4, -0.2) is 21.8 Å². The molecular formula is C9H8F3NO3S. The van der Waals surface area contributed by atoms with E-state index in [1.165, 1.54) is 11.8 Å². The van der Waals surface area contributed by atoms with Gasteiger partial charge >= 0.3 is 18.0 Å². The highest BCUT2D eigenvalue weighted by Crippen LogP contribution is 2.42. The fraction of sp³-hybridized carbons (Fsp3) is 0.556. The van der Waals surface area contributed by atoms with Crippen LogP contribution in [0, 0.1) is 0 Å². The number of hydrogen-bond acceptors (Lipinski definition) is 4. The Balaban J connectivity index is 2.42. The van der Waals surface area contributed by atoms with Crippen LogP contribution >= 0.6 is 11.8 Å². The Morgan fingerprint density at radius 2 is 2.24 bits per heavy atom. The molecule has 94 valence electrons. The number of carboxylic acid groups (broad SMARTS) is 1. The normalized spacial score (nSPS) is 20.8. The Hall–Kier alpha value is -1.18. The van der Waals surface area contributed by atoms with E-state index in [4.69, 9.17) is 5.11 Å². The minimum absolute atomic E-state index is 0.104. The third kappa shape index (κ3) is 2.41. The predicted octanol–water partition coefficient (Wildman–Crippen LogP) is 2.96. The highest BCUT2D eigenvalue weighted by atomic mass is 32.2. The van der Waals surface area contributed by atoms with Crippen molar-refractivity contribution in [2.45, 2.75) is 24.3 Å². The smallest absolute Gasteiger partial charge is 0.468 e. The van der Waals surface area contributed by atoms with E-state index in [1.807, 2.05) is 0 Å². The lowest BCUT2D eigenvalue weighted by atomic mass is 10.2. The summed E-state index contributed by atoms with van der Waals surface area (Å²) in [6, 6.07) is 0. The summed E-state index contributed by atoms with van der Waals surface area (Å²) in [5.74, 6) is -2.91. The lowest BCUT2D eigenvalue weighted by Crippen LogP contribution is -2.05. The third-order valence-corrected chi connectivity index (χ3v) is 3.71. The fourth-order valence-corrected chi connectivity index (χ4v) is 2.89. The topological polar surface area (TPSA) is 63.3 Å². The van der Waals surface area contributed by atoms with Gasteiger partial charge in [0, 0.05) is 0 Å². The monoisotopic (exact) mass is 267 g/mol. The van der Waals surface area contributed by atoms with E-state index in [0.29, 0.717) is 6.42 Å². The summed E-state index contributed by atoms with van der Waals surface area (Å²) in [6.45, 7) is 0. The molecule has 1 aromatic rings. The molecule has 0 amide bonds. The molecule has 0 radical (unpaired) electrons. The number of alkyl halides is 3. The molecular weight excluding hydrogens is 259 g/mol. The molecule has 1 saturated heterocycles. The molecule has 1 aliphatic rings. The maximum absolute atomic E-state index is 12.4. The lowest BCUT2D eigenvalue weighted by Gasteiger charge is -2.03. The van der Waals surface area contributed by atoms with Crippen LogP contribution in [0.25, 0.3) is 0 Å². The molecule has 2 rings (SSSR count). The summed E-state index contributed by atoms with van der Waals surface area (Å²) >= 11 is 1.40. The first kappa shape index (κ1) is 12.3. The summed E-state index contributed by atoms with van der Waals surface area (Å²) in [5.41, 5.74) is -0.104. The summed E-state index contributed by atoms with van der Waals surface area (Å²) in [7, 11) is 0. The third-order valence-electron chi connectivity index (χ3n) is 2.32. The second kappa shape index (κ2) is 4.25. The number of aromatic carboxylic acids is 1. The van der Waals surface area contributed by atoms with Crippen LogP contribution in [0.3, 0.4) is 0 Å². The van der Waals surface area contributed by atoms with E-state index in [1.54, 1.807) is 0 Å². The number of rotatable bonds is 2. The zero-order valence-electron chi connectivity index (χ0n) is 8.45. The van der Waals surface area contributed by atoms with Crippen LogP contribution in [-0.2, 0) is 6.18 Å². The van der Waals surface area contributed by atoms with Crippen molar-refractivity contribution in [1.29, 1.82) is 0 Å². The minimum Gasteiger partial charge on any atom is -0.475 e. The Bertz CT molecular complexity index is 437. The summed E-state index contributed by atoms with van der Waals surface area (Å²) in [6.07, 6.45) is -3.30. The van der Waals surface area contributed by atoms with Crippen LogP contribution in [0.1, 0.15) is 40.2 Å². The molecule has 0 bridgehead atoms. The molecule has 1 fully saturated rings. The SMILES string of the molecule is O=C(O)c1oc(C(F)(F)F)nc1C1CCCS1. The molecule has 0 saturated carbocycles. The quantitative estimate of drug-likeness (QED) is 0.892. The van der Waals surface area contributed by atoms with Gasteiger partial charge in [-0.05, 0) is 18.6 Å². The van der Waals surface area contributed by atoms with E-state index < -0.39 is 23.8 Å². The van der Waals surface area contributed by atoms with Crippen molar-refractivity contribution in [2.75, 3.05) is 5.75 Å². The summed E-state index contributed by atoms with van der Waals surface area (Å²) < 4.78 is 41.4. The molecule has 0 aromatic carbocycles. The van der Waals surface area contributed by atoms with E-state index in [0.717, 1.165) is 12.2 Å². The summed E-state index contributed by atoms with van der Waals surface area (Å²) in [5, 5.41) is 8.48. The van der Waals surface area contributed by atoms with Gasteiger partial charge in [-0.3, -0.25) is 0 Å². The number of carboxylic acids is 1. The molecule has 17 heavy (non-hydrogen) atoms. The molecule has 1 N–H and O–H groups in total. The Kier molecular flexibility index (Phi) is 3.07. The molecule has 0 spiro atoms. The first-order valence-electron chi connectivity index (χ1n) is 4.82. The van der Waals surface area contributed by atoms with Crippen molar-refractivity contribution in [2.24, 2.45) is 0 Å². The van der Waals surface area contributed by atoms with Gasteiger partial charge in [0.05, 0.1) is 5.25 Å². The number of halogens is 3. The maximum atomic E-state index is 12.4. The molecule has 1 aliphatic heterocycles. The van der Waals surface area contributed by atoms with E-state index in [2.05, 4.69) is 9.40 Å². The zero-order valence-corrected chi connectivity index (χ0v) is 9.27. The van der Waals surface area contributed by atoms with Crippen LogP contribution in [0.2, 0.25) is 0 Å². The van der Waals surface area contributed by atoms with E-state index in [-0.39, 0.29) is 10.9 Å². The first-order valence-corrected chi connectivity index (χ1v) is 5.87. The second-order valence-electron chi connectivity index (χ2n) is 3.54. The van der Waals surface area contributed by atoms with Gasteiger partial charge < -0.3 is 9.52 Å². The lowest BCUT2D eigenvalue weighted by molar-refractivity contribution is -0.157. The standard InChI is InChI=1S/C9H8F3NO3S/c10-9(11,12)8-13-5(4-2-1-3-17-4)6(16-8)7(14)15/h4H,1-3H2,(H,14,15). The minimum atomic E-state index is -4.76. The van der Waals surface area contributed by atoms with Gasteiger partial charge in [-0.1, -0.05) is 0 Å². The molecule has 2 heterocycles. The largest absolute Gasteiger partial charge is 0.475 e. The van der Waals surface area contributed by atoms with Crippen LogP contribution < -0.4 is 0 Å². The fourth-order valence-electron chi connectivity index (χ4n) is 1.62. The molecule has 1 unspecified atom stereocenters. The van der Waals surface area contributed by atoms with Crippen molar-refractivity contribution >= 4 is 17.7 Å². The predicted molar refractivity (Wildman–Crippen MR) is 52.9 cm³/mol. The Morgan fingerprint density at radius 1 is 1.53 bits per heavy atom. The van der Waals surface area contributed by atoms with Gasteiger partial charge in [0.15, 0.2) is 0 Å². The molecule has 8 heteroatoms. The second-order valence-corrected chi connectivity index (χ2v) is 4.85. The number of hydrogen-bond donors (Lipinski definition) is 1. The van der Waals surface area contributed by atoms with Crippen molar-refractivity contribution in [3.05, 3.63) is 17.3 Å². The molecule has 1 atom stereocenters. The Morgan fingerprint density at radius 3 is 2.71 bits per heavy atom. The van der Waals surface area contributed by atoms with Gasteiger partial charge in [-0.2, -0.15) is 24.9 Å². The van der Waals surface area contributed by atoms with Crippen molar-refractivity contribution in [1.82, 2.24) is 4.98 Å². The van der Waals surface area contributed by atoms with Gasteiger partial charge in [0.1, 0.15) is 5.69 Å². The first-order chi connectivity index (χ1) is 7.89. The number of aromatic nitrogens is 1. The van der Waals surface area contributed by atoms with E-state index >= 15 is 0 Å². The van der Waals surface area contributed by atoms with Crippen LogP contribution in [0.5, 0.6) is 0 Å². The van der Waals surface area contributed by atoms with Crippen LogP contribution in [0.15, 0.2) is 4.42 Å². The van der Waals surface area contributed by atoms with Gasteiger partial charge in [0.25, 0.3) is 0 Å². The average Bonchev–Trinajstić information content (AvgIpc) is 2.85. The number of nitrogens with zero attached hydrogens (tertiary/aromatic N) is 1. The van der Waals surface area contributed by atoms with Crippen molar-refractivity contribution in [3.8, 4) is 0 Å². The Labute approximate surface area is 98.2 Å². The number of oxazole rings is 1. The van der Waals surface area contributed by atoms with Crippen LogP contribution in [0.4, 0.5) is 13.2 Å².